The Kier molecular flexibility index (Phi) is 5.62. The highest BCUT2D eigenvalue weighted by molar-refractivity contribution is 7.11. The van der Waals surface area contributed by atoms with Gasteiger partial charge in [-0.3, -0.25) is 0 Å². The van der Waals surface area contributed by atoms with Gasteiger partial charge in [-0.2, -0.15) is 0 Å². The van der Waals surface area contributed by atoms with E-state index >= 15 is 0 Å². The summed E-state index contributed by atoms with van der Waals surface area (Å²) in [5, 5.41) is 15.2. The van der Waals surface area contributed by atoms with E-state index in [1.54, 1.807) is 0 Å². The van der Waals surface area contributed by atoms with Gasteiger partial charge in [0.1, 0.15) is 5.84 Å². The highest BCUT2D eigenvalue weighted by Crippen LogP contribution is 2.22. The van der Waals surface area contributed by atoms with Crippen molar-refractivity contribution in [1.82, 2.24) is 5.32 Å². The molecule has 0 fully saturated rings. The Balaban J connectivity index is 2.19. The molecular weight excluding hydrogens is 246 g/mol. The SMILES string of the molecule is Cc1ccc(CNCCCC(C)(C)C(N)=NO)s1. The number of nitrogens with zero attached hydrogens (tertiary/aromatic N) is 1. The number of amidine groups is 1. The number of hydrogen-bond donors (Lipinski definition) is 3. The fourth-order valence-electron chi connectivity index (χ4n) is 1.71. The molecule has 1 rings (SSSR count). The van der Waals surface area contributed by atoms with Gasteiger partial charge in [-0.25, -0.2) is 0 Å². The normalized spacial score (nSPS) is 12.9. The topological polar surface area (TPSA) is 70.6 Å². The van der Waals surface area contributed by atoms with Crippen LogP contribution in [0.1, 0.15) is 36.4 Å². The summed E-state index contributed by atoms with van der Waals surface area (Å²) < 4.78 is 0. The molecule has 0 amide bonds. The van der Waals surface area contributed by atoms with E-state index < -0.39 is 0 Å². The predicted molar refractivity (Wildman–Crippen MR) is 77.2 cm³/mol. The molecular formula is C13H23N3OS. The van der Waals surface area contributed by atoms with Gasteiger partial charge in [0.25, 0.3) is 0 Å². The number of aryl methyl sites for hydroxylation is 1. The first kappa shape index (κ1) is 15.0. The van der Waals surface area contributed by atoms with Gasteiger partial charge in [0.2, 0.25) is 0 Å². The van der Waals surface area contributed by atoms with Crippen LogP contribution in [0.15, 0.2) is 17.3 Å². The second kappa shape index (κ2) is 6.75. The summed E-state index contributed by atoms with van der Waals surface area (Å²) in [6.45, 7) is 7.96. The molecule has 4 nitrogen and oxygen atoms in total. The number of nitrogens with one attached hydrogen (secondary N) is 1. The Labute approximate surface area is 113 Å². The maximum atomic E-state index is 8.67. The molecule has 0 saturated carbocycles. The third-order valence-corrected chi connectivity index (χ3v) is 4.05. The molecule has 0 aromatic carbocycles. The molecule has 0 radical (unpaired) electrons. The number of oxime groups is 1. The molecule has 1 aromatic rings. The van der Waals surface area contributed by atoms with Crippen LogP contribution in [0.4, 0.5) is 0 Å². The standard InChI is InChI=1S/C13H23N3OS/c1-10-5-6-11(18-10)9-15-8-4-7-13(2,3)12(14)16-17/h5-6,15,17H,4,7-9H2,1-3H3,(H2,14,16). The molecule has 1 aromatic heterocycles. The molecule has 102 valence electrons. The van der Waals surface area contributed by atoms with Gasteiger partial charge in [-0.05, 0) is 38.4 Å². The Bertz CT molecular complexity index is 399. The summed E-state index contributed by atoms with van der Waals surface area (Å²) in [7, 11) is 0. The van der Waals surface area contributed by atoms with E-state index in [0.717, 1.165) is 25.9 Å². The van der Waals surface area contributed by atoms with Crippen LogP contribution in [0.3, 0.4) is 0 Å². The average Bonchev–Trinajstić information content (AvgIpc) is 2.73. The van der Waals surface area contributed by atoms with E-state index in [9.17, 15) is 0 Å². The van der Waals surface area contributed by atoms with Crippen LogP contribution in [0, 0.1) is 12.3 Å². The van der Waals surface area contributed by atoms with Crippen molar-refractivity contribution in [2.45, 2.75) is 40.2 Å². The summed E-state index contributed by atoms with van der Waals surface area (Å²) in [6.07, 6.45) is 1.91. The second-order valence-corrected chi connectivity index (χ2v) is 6.53. The molecule has 5 heteroatoms. The van der Waals surface area contributed by atoms with Crippen LogP contribution in [0.25, 0.3) is 0 Å². The van der Waals surface area contributed by atoms with Crippen molar-refractivity contribution >= 4 is 17.2 Å². The predicted octanol–water partition coefficient (Wildman–Crippen LogP) is 2.70. The van der Waals surface area contributed by atoms with Crippen molar-refractivity contribution in [1.29, 1.82) is 0 Å². The van der Waals surface area contributed by atoms with Crippen molar-refractivity contribution in [2.24, 2.45) is 16.3 Å². The second-order valence-electron chi connectivity index (χ2n) is 5.16. The molecule has 1 heterocycles. The smallest absolute Gasteiger partial charge is 0.144 e. The lowest BCUT2D eigenvalue weighted by Crippen LogP contribution is -2.32. The van der Waals surface area contributed by atoms with Gasteiger partial charge < -0.3 is 16.3 Å². The Morgan fingerprint density at radius 3 is 2.78 bits per heavy atom. The molecule has 0 bridgehead atoms. The maximum Gasteiger partial charge on any atom is 0.144 e. The molecule has 0 spiro atoms. The first-order valence-electron chi connectivity index (χ1n) is 6.20. The summed E-state index contributed by atoms with van der Waals surface area (Å²) in [5.41, 5.74) is 5.40. The number of hydrogen-bond acceptors (Lipinski definition) is 4. The molecule has 0 saturated heterocycles. The van der Waals surface area contributed by atoms with Crippen molar-refractivity contribution in [3.05, 3.63) is 21.9 Å². The van der Waals surface area contributed by atoms with E-state index in [1.165, 1.54) is 9.75 Å². The summed E-state index contributed by atoms with van der Waals surface area (Å²) in [4.78, 5) is 2.71. The van der Waals surface area contributed by atoms with Gasteiger partial charge in [-0.1, -0.05) is 19.0 Å². The number of thiophene rings is 1. The van der Waals surface area contributed by atoms with Crippen LogP contribution in [-0.4, -0.2) is 17.6 Å². The van der Waals surface area contributed by atoms with E-state index in [-0.39, 0.29) is 5.41 Å². The average molecular weight is 269 g/mol. The van der Waals surface area contributed by atoms with E-state index in [4.69, 9.17) is 10.9 Å². The highest BCUT2D eigenvalue weighted by atomic mass is 32.1. The van der Waals surface area contributed by atoms with E-state index in [1.807, 2.05) is 25.2 Å². The Hall–Kier alpha value is -1.07. The van der Waals surface area contributed by atoms with Crippen molar-refractivity contribution in [2.75, 3.05) is 6.54 Å². The fourth-order valence-corrected chi connectivity index (χ4v) is 2.57. The van der Waals surface area contributed by atoms with Crippen LogP contribution in [0.5, 0.6) is 0 Å². The summed E-state index contributed by atoms with van der Waals surface area (Å²) >= 11 is 1.83. The van der Waals surface area contributed by atoms with Crippen molar-refractivity contribution in [3.8, 4) is 0 Å². The third-order valence-electron chi connectivity index (χ3n) is 3.05. The zero-order chi connectivity index (χ0) is 13.6. The van der Waals surface area contributed by atoms with Crippen LogP contribution >= 0.6 is 11.3 Å². The van der Waals surface area contributed by atoms with Crippen molar-refractivity contribution < 1.29 is 5.21 Å². The minimum atomic E-state index is -0.240. The molecule has 0 aliphatic carbocycles. The first-order chi connectivity index (χ1) is 8.45. The molecule has 0 aliphatic heterocycles. The fraction of sp³-hybridized carbons (Fsp3) is 0.615. The van der Waals surface area contributed by atoms with E-state index in [0.29, 0.717) is 5.84 Å². The number of rotatable bonds is 7. The quantitative estimate of drug-likeness (QED) is 0.234. The van der Waals surface area contributed by atoms with Gasteiger partial charge in [0.15, 0.2) is 0 Å². The molecule has 0 atom stereocenters. The molecule has 0 unspecified atom stereocenters. The largest absolute Gasteiger partial charge is 0.409 e. The first-order valence-corrected chi connectivity index (χ1v) is 7.01. The molecule has 0 aliphatic rings. The zero-order valence-corrected chi connectivity index (χ0v) is 12.2. The van der Waals surface area contributed by atoms with Gasteiger partial charge in [-0.15, -0.1) is 11.3 Å². The minimum Gasteiger partial charge on any atom is -0.409 e. The monoisotopic (exact) mass is 269 g/mol. The van der Waals surface area contributed by atoms with Gasteiger partial charge in [0, 0.05) is 21.7 Å². The Morgan fingerprint density at radius 2 is 2.22 bits per heavy atom. The van der Waals surface area contributed by atoms with Gasteiger partial charge >= 0.3 is 0 Å². The molecule has 4 N–H and O–H groups in total. The highest BCUT2D eigenvalue weighted by Gasteiger charge is 2.22. The number of nitrogens with two attached hydrogens (primary N) is 1. The Morgan fingerprint density at radius 1 is 1.50 bits per heavy atom. The van der Waals surface area contributed by atoms with Crippen LogP contribution in [0.2, 0.25) is 0 Å². The summed E-state index contributed by atoms with van der Waals surface area (Å²) in [5.74, 6) is 0.302. The molecule has 18 heavy (non-hydrogen) atoms. The lowest BCUT2D eigenvalue weighted by Gasteiger charge is -2.22. The summed E-state index contributed by atoms with van der Waals surface area (Å²) in [6, 6.07) is 4.30. The lowest BCUT2D eigenvalue weighted by molar-refractivity contribution is 0.304. The third kappa shape index (κ3) is 4.66. The van der Waals surface area contributed by atoms with E-state index in [2.05, 4.69) is 29.5 Å². The van der Waals surface area contributed by atoms with Crippen LogP contribution < -0.4 is 11.1 Å². The zero-order valence-electron chi connectivity index (χ0n) is 11.4. The van der Waals surface area contributed by atoms with Crippen molar-refractivity contribution in [3.63, 3.8) is 0 Å². The maximum absolute atomic E-state index is 8.67. The minimum absolute atomic E-state index is 0.240. The lowest BCUT2D eigenvalue weighted by atomic mass is 9.86. The van der Waals surface area contributed by atoms with Gasteiger partial charge in [0.05, 0.1) is 0 Å². The van der Waals surface area contributed by atoms with Crippen LogP contribution in [-0.2, 0) is 6.54 Å².